The molecule has 4 saturated heterocycles. The summed E-state index contributed by atoms with van der Waals surface area (Å²) in [6.45, 7) is 3.68. The number of nitrogens with zero attached hydrogens (tertiary/aromatic N) is 6. The van der Waals surface area contributed by atoms with Gasteiger partial charge >= 0.3 is 0 Å². The number of aliphatic hydroxyl groups excluding tert-OH is 2. The standard InChI is InChI=1S/C87H117N21O20S/c1-8-10-23-67-80(121)95-47(3)74(115)103-66(76(117)93-41-71(88)112)44-129-45-73(114)96-62(32-49-26-28-53(110)29-27-49)83(124)104(5)48(4)75(116)100-64-37-72(113)90-30-16-22-59(97-78(119)61(35-52-40-89-46-94-52)99-81(122)68-25-17-31-107(68)86(64)127)85(126)108-42-54(111)36-70(108)82(123)98-60(33-50-38-91-57-20-14-12-18-55(50)57)77(118)102-65(43-109)79(120)101-63(34-51-39-92-58-21-15-13-19-56(51)58)84(125)106(7)69(24-11-9-2)87(128)105(67)6/h12-15,18-21,26-29,38-40,46-48,54,59-70,91-92,109-111H,8-11,16-17,22-25,30-37,41-45H2,1-7H3,(H2,88,112)(H,89,94)(H,90,113)(H,93,117)(H,95,121)(H,96,114)(H,97,119)(H,98,123)(H,99,122)(H,100,116)(H,101,120)(H,102,118)(H,103,115)/t47-,48-,54+,59-,60-,61-,62-,63-,64-,65-,66-,67-,68-,69-,70-/m0/s1. The molecule has 0 aliphatic carbocycles. The molecule has 15 atom stereocenters. The third kappa shape index (κ3) is 25.9. The van der Waals surface area contributed by atoms with Crippen LogP contribution >= 0.6 is 11.8 Å². The number of primary amides is 1. The first-order chi connectivity index (χ1) is 61.7. The predicted octanol–water partition coefficient (Wildman–Crippen LogP) is -2.79. The summed E-state index contributed by atoms with van der Waals surface area (Å²) in [5, 5.41) is 63.3. The number of phenols is 1. The summed E-state index contributed by atoms with van der Waals surface area (Å²) in [6.07, 6.45) is 3.91. The number of hydrogen-bond donors (Lipinski definition) is 18. The molecule has 0 unspecified atom stereocenters. The number of aromatic hydroxyl groups is 1. The predicted molar refractivity (Wildman–Crippen MR) is 470 cm³/mol. The molecule has 7 heterocycles. The minimum atomic E-state index is -1.88. The molecule has 129 heavy (non-hydrogen) atoms. The largest absolute Gasteiger partial charge is 0.508 e. The van der Waals surface area contributed by atoms with Crippen molar-refractivity contribution < 1.29 is 96.8 Å². The molecule has 17 amide bonds. The molecule has 0 spiro atoms. The Morgan fingerprint density at radius 3 is 1.75 bits per heavy atom. The number of fused-ring (bicyclic) bond motifs is 11. The number of carbonyl (C=O) groups is 17. The number of nitrogens with two attached hydrogens (primary N) is 1. The molecule has 0 radical (unpaired) electrons. The Morgan fingerprint density at radius 1 is 0.550 bits per heavy atom. The molecule has 4 fully saturated rings. The van der Waals surface area contributed by atoms with Crippen LogP contribution in [0.2, 0.25) is 0 Å². The third-order valence-electron chi connectivity index (χ3n) is 23.7. The number of aromatic nitrogens is 4. The summed E-state index contributed by atoms with van der Waals surface area (Å²) in [5.74, 6) is -16.6. The van der Waals surface area contributed by atoms with Crippen molar-refractivity contribution in [2.75, 3.05) is 65.4 Å². The van der Waals surface area contributed by atoms with Crippen LogP contribution in [0.15, 0.2) is 97.7 Å². The van der Waals surface area contributed by atoms with E-state index >= 15 is 38.4 Å². The zero-order valence-electron chi connectivity index (χ0n) is 73.1. The van der Waals surface area contributed by atoms with Crippen molar-refractivity contribution in [3.8, 4) is 5.75 Å². The second-order valence-corrected chi connectivity index (χ2v) is 34.1. The molecular weight excluding hydrogens is 1690 g/mol. The molecule has 4 aliphatic rings. The number of imidazole rings is 1. The minimum absolute atomic E-state index is 0.0202. The first kappa shape index (κ1) is 98.2. The van der Waals surface area contributed by atoms with Gasteiger partial charge in [-0.25, -0.2) is 4.98 Å². The number of carbonyl (C=O) groups excluding carboxylic acids is 17. The Bertz CT molecular complexity index is 5050. The van der Waals surface area contributed by atoms with Gasteiger partial charge in [-0.3, -0.25) is 81.5 Å². The number of unbranched alkanes of at least 4 members (excludes halogenated alkanes) is 2. The van der Waals surface area contributed by atoms with Crippen LogP contribution in [0.5, 0.6) is 5.75 Å². The van der Waals surface area contributed by atoms with Gasteiger partial charge in [0.05, 0.1) is 37.8 Å². The average molecular weight is 1810 g/mol. The van der Waals surface area contributed by atoms with Crippen LogP contribution in [0.4, 0.5) is 0 Å². The van der Waals surface area contributed by atoms with E-state index in [0.29, 0.717) is 69.9 Å². The van der Waals surface area contributed by atoms with E-state index < -0.39 is 235 Å². The van der Waals surface area contributed by atoms with Gasteiger partial charge in [-0.1, -0.05) is 88.1 Å². The van der Waals surface area contributed by atoms with Crippen molar-refractivity contribution in [1.82, 2.24) is 103 Å². The highest BCUT2D eigenvalue weighted by Crippen LogP contribution is 2.28. The van der Waals surface area contributed by atoms with Crippen LogP contribution in [0.1, 0.15) is 127 Å². The quantitative estimate of drug-likeness (QED) is 0.0413. The van der Waals surface area contributed by atoms with E-state index in [1.54, 1.807) is 60.9 Å². The highest BCUT2D eigenvalue weighted by Gasteiger charge is 2.47. The number of benzene rings is 3. The summed E-state index contributed by atoms with van der Waals surface area (Å²) in [5.41, 5.74) is 8.41. The van der Waals surface area contributed by atoms with Gasteiger partial charge in [0, 0.05) is 125 Å². The fourth-order valence-electron chi connectivity index (χ4n) is 16.3. The van der Waals surface area contributed by atoms with Gasteiger partial charge in [0.15, 0.2) is 0 Å². The van der Waals surface area contributed by atoms with Gasteiger partial charge in [-0.2, -0.15) is 0 Å². The van der Waals surface area contributed by atoms with E-state index in [2.05, 4.69) is 78.4 Å². The summed E-state index contributed by atoms with van der Waals surface area (Å²) < 4.78 is 0. The lowest BCUT2D eigenvalue weighted by Gasteiger charge is -2.36. The summed E-state index contributed by atoms with van der Waals surface area (Å²) in [7, 11) is 3.95. The topological polar surface area (TPSA) is 586 Å². The number of thioether (sulfide) groups is 1. The van der Waals surface area contributed by atoms with Gasteiger partial charge in [-0.15, -0.1) is 11.8 Å². The number of aliphatic hydroxyl groups is 2. The van der Waals surface area contributed by atoms with Crippen molar-refractivity contribution >= 4 is 134 Å². The lowest BCUT2D eigenvalue weighted by Crippen LogP contribution is -2.61. The molecule has 6 aromatic rings. The maximum atomic E-state index is 15.6. The van der Waals surface area contributed by atoms with Gasteiger partial charge in [0.2, 0.25) is 100 Å². The van der Waals surface area contributed by atoms with Crippen molar-refractivity contribution in [2.24, 2.45) is 5.73 Å². The number of amides is 17. The summed E-state index contributed by atoms with van der Waals surface area (Å²) in [4.78, 5) is 269. The van der Waals surface area contributed by atoms with Crippen LogP contribution in [0, 0.1) is 0 Å². The van der Waals surface area contributed by atoms with Gasteiger partial charge in [0.1, 0.15) is 90.3 Å². The number of likely N-dealkylation sites (N-methyl/N-ethyl adjacent to an activating group) is 3. The second-order valence-electron chi connectivity index (χ2n) is 33.1. The lowest BCUT2D eigenvalue weighted by molar-refractivity contribution is -0.149. The molecular formula is C87H117N21O20S. The molecule has 42 heteroatoms. The Morgan fingerprint density at radius 2 is 1.12 bits per heavy atom. The fraction of sp³-hybridized carbons (Fsp3) is 0.517. The van der Waals surface area contributed by atoms with Crippen LogP contribution in [0.25, 0.3) is 21.8 Å². The Balaban J connectivity index is 1.02. The molecule has 3 aromatic carbocycles. The lowest BCUT2D eigenvalue weighted by atomic mass is 10.00. The van der Waals surface area contributed by atoms with Gasteiger partial charge in [-0.05, 0) is 93.3 Å². The highest BCUT2D eigenvalue weighted by atomic mass is 32.2. The van der Waals surface area contributed by atoms with E-state index in [-0.39, 0.29) is 83.0 Å². The average Bonchev–Trinajstić information content (AvgIpc) is 1.63. The molecule has 10 rings (SSSR count). The van der Waals surface area contributed by atoms with Crippen molar-refractivity contribution in [3.05, 3.63) is 120 Å². The number of H-pyrrole nitrogens is 3. The van der Waals surface area contributed by atoms with Crippen molar-refractivity contribution in [1.29, 1.82) is 0 Å². The molecule has 3 aromatic heterocycles. The molecule has 19 N–H and O–H groups in total. The zero-order chi connectivity index (χ0) is 93.4. The second kappa shape index (κ2) is 46.1. The summed E-state index contributed by atoms with van der Waals surface area (Å²) in [6, 6.07) is -1.84. The zero-order valence-corrected chi connectivity index (χ0v) is 73.9. The Labute approximate surface area is 748 Å². The Kier molecular flexibility index (Phi) is 35.1. The molecule has 41 nitrogen and oxygen atoms in total. The number of phenolic OH excluding ortho intramolecular Hbond substituents is 1. The van der Waals surface area contributed by atoms with Gasteiger partial charge < -0.3 is 119 Å². The monoisotopic (exact) mass is 1810 g/mol. The van der Waals surface area contributed by atoms with E-state index in [4.69, 9.17) is 5.73 Å². The first-order valence-corrected chi connectivity index (χ1v) is 44.5. The van der Waals surface area contributed by atoms with Crippen LogP contribution in [0.3, 0.4) is 0 Å². The first-order valence-electron chi connectivity index (χ1n) is 43.3. The highest BCUT2D eigenvalue weighted by molar-refractivity contribution is 8.00. The number of rotatable bonds is 18. The third-order valence-corrected chi connectivity index (χ3v) is 24.8. The number of nitrogens with one attached hydrogen (secondary N) is 14. The maximum Gasteiger partial charge on any atom is 0.246 e. The normalized spacial score (nSPS) is 26.1. The van der Waals surface area contributed by atoms with Crippen LogP contribution < -0.4 is 64.2 Å². The van der Waals surface area contributed by atoms with E-state index in [1.165, 1.54) is 71.8 Å². The SMILES string of the molecule is CCCC[C@H]1C(=O)N(C)[C@@H](CCCC)C(=O)N[C@@H](C)C(=O)N[C@H](C(=O)NCC(N)=O)CSCC(=O)N[C@@H](Cc2ccc(O)cc2)C(=O)N(C)[C@@H](C)C(=O)N[C@H]2CC(=O)NCCC[C@H](NC(=O)[C@H](Cc3cnc[nH]3)NC(=O)[C@@H]3CCCN3C2=O)C(=O)N2C[C@H](O)C[C@H]2C(=O)N[C@@H](Cc2c[nH]c3ccccc23)C(=O)N[C@@H](CO)C(=O)N[C@@H](Cc2c[nH]c3ccccc23)C(=O)N1C. The maximum absolute atomic E-state index is 15.6. The molecule has 0 saturated carbocycles. The molecule has 2 bridgehead atoms. The fourth-order valence-corrected chi connectivity index (χ4v) is 17.1. The van der Waals surface area contributed by atoms with Crippen molar-refractivity contribution in [2.45, 2.75) is 221 Å². The van der Waals surface area contributed by atoms with Crippen LogP contribution in [-0.4, -0.2) is 316 Å². The number of hydrogen-bond acceptors (Lipinski definition) is 22. The summed E-state index contributed by atoms with van der Waals surface area (Å²) >= 11 is 0.790. The Hall–Kier alpha value is -13.0. The number of aromatic amines is 3. The van der Waals surface area contributed by atoms with Gasteiger partial charge in [0.25, 0.3) is 0 Å². The van der Waals surface area contributed by atoms with Crippen LogP contribution in [-0.2, 0) is 107 Å². The van der Waals surface area contributed by atoms with Crippen molar-refractivity contribution in [3.63, 3.8) is 0 Å². The number of para-hydroxylation sites is 2. The molecule has 4 aliphatic heterocycles. The van der Waals surface area contributed by atoms with E-state index in [0.717, 1.165) is 36.3 Å². The minimum Gasteiger partial charge on any atom is -0.508 e. The smallest absolute Gasteiger partial charge is 0.246 e. The molecule has 696 valence electrons. The van der Waals surface area contributed by atoms with E-state index in [9.17, 15) is 58.5 Å². The van der Waals surface area contributed by atoms with E-state index in [1.807, 2.05) is 13.8 Å².